The van der Waals surface area contributed by atoms with Crippen LogP contribution in [0.25, 0.3) is 0 Å². The highest BCUT2D eigenvalue weighted by Gasteiger charge is 2.34. The minimum absolute atomic E-state index is 0.0504. The van der Waals surface area contributed by atoms with Gasteiger partial charge >= 0.3 is 6.09 Å². The van der Waals surface area contributed by atoms with E-state index < -0.39 is 6.10 Å². The van der Waals surface area contributed by atoms with Crippen molar-refractivity contribution >= 4 is 6.09 Å². The minimum atomic E-state index is -0.493. The quantitative estimate of drug-likeness (QED) is 0.753. The van der Waals surface area contributed by atoms with E-state index in [4.69, 9.17) is 9.47 Å². The molecular weight excluding hydrogens is 354 g/mol. The maximum Gasteiger partial charge on any atom is 0.410 e. The Bertz CT molecular complexity index is 749. The molecule has 0 aromatic heterocycles. The predicted octanol–water partition coefficient (Wildman–Crippen LogP) is 3.83. The predicted molar refractivity (Wildman–Crippen MR) is 109 cm³/mol. The molecule has 0 aliphatic carbocycles. The van der Waals surface area contributed by atoms with Crippen molar-refractivity contribution in [3.05, 3.63) is 65.7 Å². The molecule has 5 heteroatoms. The van der Waals surface area contributed by atoms with Gasteiger partial charge in [0.2, 0.25) is 0 Å². The van der Waals surface area contributed by atoms with Crippen molar-refractivity contribution in [1.82, 2.24) is 4.90 Å². The van der Waals surface area contributed by atoms with Gasteiger partial charge in [0.05, 0.1) is 25.9 Å². The third-order valence-corrected chi connectivity index (χ3v) is 5.10. The molecule has 5 nitrogen and oxygen atoms in total. The van der Waals surface area contributed by atoms with Gasteiger partial charge in [-0.2, -0.15) is 0 Å². The molecule has 1 amide bonds. The van der Waals surface area contributed by atoms with Crippen molar-refractivity contribution in [2.75, 3.05) is 19.8 Å². The maximum absolute atomic E-state index is 12.1. The largest absolute Gasteiger partial charge is 0.493 e. The zero-order chi connectivity index (χ0) is 19.8. The van der Waals surface area contributed by atoms with E-state index in [0.29, 0.717) is 32.6 Å². The summed E-state index contributed by atoms with van der Waals surface area (Å²) in [4.78, 5) is 13.7. The number of likely N-dealkylation sites (tertiary alicyclic amines) is 1. The van der Waals surface area contributed by atoms with Crippen LogP contribution in [0.15, 0.2) is 54.6 Å². The first-order valence-electron chi connectivity index (χ1n) is 10.0. The average Bonchev–Trinajstić information content (AvgIpc) is 3.09. The lowest BCUT2D eigenvalue weighted by atomic mass is 10.0. The molecule has 2 atom stereocenters. The number of carbonyl (C=O) groups excluding carboxylic acids is 1. The number of β-amino-alcohol motifs (C(OH)–C–C–N with tert-alkyl or cyclic N) is 1. The molecule has 1 aliphatic rings. The summed E-state index contributed by atoms with van der Waals surface area (Å²) < 4.78 is 11.1. The first-order valence-corrected chi connectivity index (χ1v) is 10.0. The molecule has 0 spiro atoms. The van der Waals surface area contributed by atoms with E-state index in [9.17, 15) is 9.90 Å². The van der Waals surface area contributed by atoms with Crippen LogP contribution in [0.1, 0.15) is 30.9 Å². The van der Waals surface area contributed by atoms with Gasteiger partial charge < -0.3 is 19.5 Å². The molecule has 2 aromatic carbocycles. The minimum Gasteiger partial charge on any atom is -0.493 e. The fourth-order valence-corrected chi connectivity index (χ4v) is 3.68. The summed E-state index contributed by atoms with van der Waals surface area (Å²) in [5, 5.41) is 9.94. The van der Waals surface area contributed by atoms with Gasteiger partial charge in [0.15, 0.2) is 0 Å². The summed E-state index contributed by atoms with van der Waals surface area (Å²) in [6.45, 7) is 2.95. The number of aryl methyl sites for hydroxylation is 2. The molecule has 1 aliphatic heterocycles. The van der Waals surface area contributed by atoms with Gasteiger partial charge in [-0.1, -0.05) is 48.5 Å². The molecule has 0 unspecified atom stereocenters. The number of hydrogen-bond donors (Lipinski definition) is 1. The van der Waals surface area contributed by atoms with Crippen molar-refractivity contribution in [3.63, 3.8) is 0 Å². The van der Waals surface area contributed by atoms with Crippen LogP contribution in [0.3, 0.4) is 0 Å². The molecule has 0 bridgehead atoms. The molecule has 3 rings (SSSR count). The summed E-state index contributed by atoms with van der Waals surface area (Å²) in [6, 6.07) is 18.5. The highest BCUT2D eigenvalue weighted by molar-refractivity contribution is 5.68. The zero-order valence-electron chi connectivity index (χ0n) is 16.4. The molecular formula is C23H29NO4. The van der Waals surface area contributed by atoms with Gasteiger partial charge in [-0.15, -0.1) is 0 Å². The van der Waals surface area contributed by atoms with Crippen LogP contribution in [0.5, 0.6) is 5.75 Å². The van der Waals surface area contributed by atoms with Crippen molar-refractivity contribution in [3.8, 4) is 5.75 Å². The maximum atomic E-state index is 12.1. The third kappa shape index (κ3) is 5.49. The molecule has 1 N–H and O–H groups in total. The number of aliphatic hydroxyl groups is 1. The standard InChI is InChI=1S/C23H29NO4/c1-2-27-23(26)24-17-21(25)16-20(24)14-15-28-22-11-7-6-10-19(22)13-12-18-8-4-3-5-9-18/h3-11,20-21,25H,2,12-17H2,1H3/t20-,21-/m1/s1. The number of hydrogen-bond acceptors (Lipinski definition) is 4. The van der Waals surface area contributed by atoms with Crippen LogP contribution < -0.4 is 4.74 Å². The number of rotatable bonds is 8. The van der Waals surface area contributed by atoms with E-state index in [1.54, 1.807) is 11.8 Å². The Labute approximate surface area is 166 Å². The van der Waals surface area contributed by atoms with Gasteiger partial charge in [0.25, 0.3) is 0 Å². The molecule has 1 saturated heterocycles. The number of aliphatic hydroxyl groups excluding tert-OH is 1. The lowest BCUT2D eigenvalue weighted by molar-refractivity contribution is 0.0941. The lowest BCUT2D eigenvalue weighted by Gasteiger charge is -2.23. The summed E-state index contributed by atoms with van der Waals surface area (Å²) >= 11 is 0. The lowest BCUT2D eigenvalue weighted by Crippen LogP contribution is -2.37. The van der Waals surface area contributed by atoms with E-state index >= 15 is 0 Å². The number of ether oxygens (including phenoxy) is 2. The van der Waals surface area contributed by atoms with Crippen LogP contribution in [-0.2, 0) is 17.6 Å². The topological polar surface area (TPSA) is 59.0 Å². The first-order chi connectivity index (χ1) is 13.7. The van der Waals surface area contributed by atoms with Gasteiger partial charge in [-0.3, -0.25) is 0 Å². The fourth-order valence-electron chi connectivity index (χ4n) is 3.68. The highest BCUT2D eigenvalue weighted by Crippen LogP contribution is 2.24. The van der Waals surface area contributed by atoms with Gasteiger partial charge in [0, 0.05) is 12.5 Å². The Kier molecular flexibility index (Phi) is 7.31. The Morgan fingerprint density at radius 2 is 1.86 bits per heavy atom. The van der Waals surface area contributed by atoms with Gasteiger partial charge in [0.1, 0.15) is 5.75 Å². The Morgan fingerprint density at radius 3 is 2.64 bits per heavy atom. The summed E-state index contributed by atoms with van der Waals surface area (Å²) in [7, 11) is 0. The van der Waals surface area contributed by atoms with Crippen molar-refractivity contribution < 1.29 is 19.4 Å². The second kappa shape index (κ2) is 10.1. The fraction of sp³-hybridized carbons (Fsp3) is 0.435. The van der Waals surface area contributed by atoms with Crippen LogP contribution in [0, 0.1) is 0 Å². The molecule has 2 aromatic rings. The van der Waals surface area contributed by atoms with Crippen LogP contribution in [0.4, 0.5) is 4.79 Å². The van der Waals surface area contributed by atoms with E-state index in [2.05, 4.69) is 30.3 Å². The normalized spacial score (nSPS) is 18.9. The van der Waals surface area contributed by atoms with Crippen LogP contribution in [0.2, 0.25) is 0 Å². The number of para-hydroxylation sites is 1. The summed E-state index contributed by atoms with van der Waals surface area (Å²) in [5.41, 5.74) is 2.49. The number of nitrogens with zero attached hydrogens (tertiary/aromatic N) is 1. The van der Waals surface area contributed by atoms with Crippen LogP contribution in [-0.4, -0.2) is 48.0 Å². The van der Waals surface area contributed by atoms with Crippen LogP contribution >= 0.6 is 0 Å². The molecule has 150 valence electrons. The highest BCUT2D eigenvalue weighted by atomic mass is 16.6. The SMILES string of the molecule is CCOC(=O)N1C[C@H](O)C[C@H]1CCOc1ccccc1CCc1ccccc1. The van der Waals surface area contributed by atoms with E-state index in [1.807, 2.05) is 24.3 Å². The molecule has 0 saturated carbocycles. The van der Waals surface area contributed by atoms with Crippen molar-refractivity contribution in [2.45, 2.75) is 44.8 Å². The monoisotopic (exact) mass is 383 g/mol. The van der Waals surface area contributed by atoms with Crippen molar-refractivity contribution in [1.29, 1.82) is 0 Å². The van der Waals surface area contributed by atoms with E-state index in [0.717, 1.165) is 18.6 Å². The second-order valence-electron chi connectivity index (χ2n) is 7.13. The van der Waals surface area contributed by atoms with E-state index in [1.165, 1.54) is 11.1 Å². The smallest absolute Gasteiger partial charge is 0.410 e. The zero-order valence-corrected chi connectivity index (χ0v) is 16.4. The van der Waals surface area contributed by atoms with E-state index in [-0.39, 0.29) is 12.1 Å². The average molecular weight is 383 g/mol. The second-order valence-corrected chi connectivity index (χ2v) is 7.13. The van der Waals surface area contributed by atoms with Gasteiger partial charge in [-0.25, -0.2) is 4.79 Å². The number of amides is 1. The molecule has 0 radical (unpaired) electrons. The number of benzene rings is 2. The number of carbonyl (C=O) groups is 1. The third-order valence-electron chi connectivity index (χ3n) is 5.10. The Balaban J connectivity index is 1.53. The molecule has 1 heterocycles. The first kappa shape index (κ1) is 20.2. The van der Waals surface area contributed by atoms with Gasteiger partial charge in [-0.05, 0) is 43.4 Å². The molecule has 1 fully saturated rings. The molecule has 28 heavy (non-hydrogen) atoms. The van der Waals surface area contributed by atoms with Crippen molar-refractivity contribution in [2.24, 2.45) is 0 Å². The summed E-state index contributed by atoms with van der Waals surface area (Å²) in [6.07, 6.45) is 2.27. The Morgan fingerprint density at radius 1 is 1.11 bits per heavy atom. The Hall–Kier alpha value is -2.53. The summed E-state index contributed by atoms with van der Waals surface area (Å²) in [5.74, 6) is 0.889.